The Labute approximate surface area is 120 Å². The van der Waals surface area contributed by atoms with Gasteiger partial charge in [0, 0.05) is 21.2 Å². The lowest BCUT2D eigenvalue weighted by Crippen LogP contribution is -2.30. The highest BCUT2D eigenvalue weighted by Crippen LogP contribution is 2.27. The van der Waals surface area contributed by atoms with Gasteiger partial charge in [0.2, 0.25) is 0 Å². The molecule has 0 aliphatic heterocycles. The highest BCUT2D eigenvalue weighted by atomic mass is 79.9. The van der Waals surface area contributed by atoms with Crippen molar-refractivity contribution in [2.24, 2.45) is 5.84 Å². The van der Waals surface area contributed by atoms with Crippen LogP contribution in [0.4, 0.5) is 0 Å². The molecule has 2 rings (SSSR count). The van der Waals surface area contributed by atoms with E-state index in [2.05, 4.69) is 64.0 Å². The van der Waals surface area contributed by atoms with Crippen molar-refractivity contribution in [3.8, 4) is 0 Å². The van der Waals surface area contributed by atoms with E-state index in [-0.39, 0.29) is 6.04 Å². The fourth-order valence-electron chi connectivity index (χ4n) is 2.12. The van der Waals surface area contributed by atoms with Crippen LogP contribution in [0, 0.1) is 0 Å². The molecule has 2 nitrogen and oxygen atoms in total. The van der Waals surface area contributed by atoms with Crippen LogP contribution >= 0.6 is 27.3 Å². The maximum atomic E-state index is 5.73. The second kappa shape index (κ2) is 6.48. The molecular weight excluding hydrogens is 308 g/mol. The number of nitrogens with one attached hydrogen (secondary N) is 1. The minimum atomic E-state index is 0.173. The summed E-state index contributed by atoms with van der Waals surface area (Å²) in [4.78, 5) is 1.33. The molecule has 0 saturated carbocycles. The zero-order chi connectivity index (χ0) is 13.0. The van der Waals surface area contributed by atoms with E-state index in [1.54, 1.807) is 11.3 Å². The summed E-state index contributed by atoms with van der Waals surface area (Å²) in [6.07, 6.45) is 1.95. The van der Waals surface area contributed by atoms with Gasteiger partial charge in [0.15, 0.2) is 0 Å². The van der Waals surface area contributed by atoms with Crippen molar-refractivity contribution in [3.63, 3.8) is 0 Å². The lowest BCUT2D eigenvalue weighted by Gasteiger charge is -2.18. The molecule has 0 aliphatic rings. The van der Waals surface area contributed by atoms with Gasteiger partial charge >= 0.3 is 0 Å². The summed E-state index contributed by atoms with van der Waals surface area (Å²) >= 11 is 5.25. The monoisotopic (exact) mass is 324 g/mol. The number of benzene rings is 1. The van der Waals surface area contributed by atoms with Crippen LogP contribution in [-0.2, 0) is 12.8 Å². The number of thiophene rings is 1. The van der Waals surface area contributed by atoms with E-state index in [0.717, 1.165) is 17.3 Å². The number of nitrogens with two attached hydrogens (primary N) is 1. The van der Waals surface area contributed by atoms with E-state index < -0.39 is 0 Å². The highest BCUT2D eigenvalue weighted by molar-refractivity contribution is 9.10. The van der Waals surface area contributed by atoms with Crippen LogP contribution in [-0.4, -0.2) is 0 Å². The van der Waals surface area contributed by atoms with E-state index in [1.165, 1.54) is 16.0 Å². The summed E-state index contributed by atoms with van der Waals surface area (Å²) in [5.41, 5.74) is 5.60. The number of hydrogen-bond donors (Lipinski definition) is 2. The van der Waals surface area contributed by atoms with Crippen LogP contribution in [0.5, 0.6) is 0 Å². The SMILES string of the molecule is CCc1ccccc1C(Cc1cc(Br)cs1)NN. The second-order valence-electron chi connectivity index (χ2n) is 4.21. The Hall–Kier alpha value is -0.680. The fraction of sp³-hybridized carbons (Fsp3) is 0.286. The first-order chi connectivity index (χ1) is 8.74. The lowest BCUT2D eigenvalue weighted by molar-refractivity contribution is 0.551. The van der Waals surface area contributed by atoms with Crippen molar-refractivity contribution in [2.45, 2.75) is 25.8 Å². The Kier molecular flexibility index (Phi) is 4.95. The summed E-state index contributed by atoms with van der Waals surface area (Å²) in [6.45, 7) is 2.17. The Bertz CT molecular complexity index is 510. The molecule has 4 heteroatoms. The Morgan fingerprint density at radius 2 is 2.17 bits per heavy atom. The van der Waals surface area contributed by atoms with E-state index in [1.807, 2.05) is 0 Å². The molecule has 0 amide bonds. The van der Waals surface area contributed by atoms with Gasteiger partial charge in [-0.15, -0.1) is 11.3 Å². The largest absolute Gasteiger partial charge is 0.271 e. The van der Waals surface area contributed by atoms with Gasteiger partial charge in [0.1, 0.15) is 0 Å². The van der Waals surface area contributed by atoms with Crippen molar-refractivity contribution < 1.29 is 0 Å². The maximum absolute atomic E-state index is 5.73. The van der Waals surface area contributed by atoms with Crippen LogP contribution in [0.1, 0.15) is 29.0 Å². The third kappa shape index (κ3) is 3.20. The molecule has 1 aromatic heterocycles. The topological polar surface area (TPSA) is 38.0 Å². The van der Waals surface area contributed by atoms with Gasteiger partial charge < -0.3 is 0 Å². The number of hydrazine groups is 1. The summed E-state index contributed by atoms with van der Waals surface area (Å²) in [5, 5.41) is 2.11. The van der Waals surface area contributed by atoms with Gasteiger partial charge in [-0.05, 0) is 39.5 Å². The molecule has 0 radical (unpaired) electrons. The molecule has 2 aromatic rings. The second-order valence-corrected chi connectivity index (χ2v) is 6.12. The normalized spacial score (nSPS) is 12.6. The number of halogens is 1. The molecule has 1 heterocycles. The molecule has 0 saturated heterocycles. The van der Waals surface area contributed by atoms with E-state index in [4.69, 9.17) is 5.84 Å². The molecule has 3 N–H and O–H groups in total. The molecular formula is C14H17BrN2S. The van der Waals surface area contributed by atoms with Crippen molar-refractivity contribution in [3.05, 3.63) is 56.2 Å². The predicted molar refractivity (Wildman–Crippen MR) is 81.6 cm³/mol. The van der Waals surface area contributed by atoms with Crippen molar-refractivity contribution in [1.82, 2.24) is 5.43 Å². The Morgan fingerprint density at radius 3 is 2.78 bits per heavy atom. The predicted octanol–water partition coefficient (Wildman–Crippen LogP) is 3.82. The van der Waals surface area contributed by atoms with Gasteiger partial charge in [-0.25, -0.2) is 0 Å². The molecule has 1 atom stereocenters. The Balaban J connectivity index is 2.22. The first kappa shape index (κ1) is 13.7. The minimum Gasteiger partial charge on any atom is -0.271 e. The number of aryl methyl sites for hydroxylation is 1. The zero-order valence-corrected chi connectivity index (χ0v) is 12.7. The van der Waals surface area contributed by atoms with Crippen LogP contribution in [0.3, 0.4) is 0 Å². The van der Waals surface area contributed by atoms with Gasteiger partial charge in [0.05, 0.1) is 6.04 Å². The van der Waals surface area contributed by atoms with Crippen LogP contribution in [0.15, 0.2) is 40.2 Å². The van der Waals surface area contributed by atoms with Crippen molar-refractivity contribution in [1.29, 1.82) is 0 Å². The van der Waals surface area contributed by atoms with Crippen LogP contribution in [0.25, 0.3) is 0 Å². The summed E-state index contributed by atoms with van der Waals surface area (Å²) in [5.74, 6) is 5.73. The van der Waals surface area contributed by atoms with Gasteiger partial charge in [-0.3, -0.25) is 11.3 Å². The molecule has 0 aliphatic carbocycles. The number of rotatable bonds is 5. The molecule has 96 valence electrons. The van der Waals surface area contributed by atoms with Crippen molar-refractivity contribution >= 4 is 27.3 Å². The highest BCUT2D eigenvalue weighted by Gasteiger charge is 2.14. The quantitative estimate of drug-likeness (QED) is 0.648. The molecule has 0 bridgehead atoms. The first-order valence-corrected chi connectivity index (χ1v) is 7.68. The molecule has 0 spiro atoms. The molecule has 18 heavy (non-hydrogen) atoms. The Morgan fingerprint density at radius 1 is 1.39 bits per heavy atom. The summed E-state index contributed by atoms with van der Waals surface area (Å²) in [6, 6.07) is 10.8. The molecule has 1 unspecified atom stereocenters. The third-order valence-electron chi connectivity index (χ3n) is 3.04. The zero-order valence-electron chi connectivity index (χ0n) is 10.3. The minimum absolute atomic E-state index is 0.173. The molecule has 1 aromatic carbocycles. The van der Waals surface area contributed by atoms with Crippen molar-refractivity contribution in [2.75, 3.05) is 0 Å². The average molecular weight is 325 g/mol. The van der Waals surface area contributed by atoms with E-state index >= 15 is 0 Å². The standard InChI is InChI=1S/C14H17BrN2S/c1-2-10-5-3-4-6-13(10)14(17-16)8-12-7-11(15)9-18-12/h3-7,9,14,17H,2,8,16H2,1H3. The smallest absolute Gasteiger partial charge is 0.0510 e. The van der Waals surface area contributed by atoms with Gasteiger partial charge in [0.25, 0.3) is 0 Å². The van der Waals surface area contributed by atoms with Gasteiger partial charge in [-0.1, -0.05) is 31.2 Å². The first-order valence-electron chi connectivity index (χ1n) is 6.01. The maximum Gasteiger partial charge on any atom is 0.0510 e. The van der Waals surface area contributed by atoms with E-state index in [9.17, 15) is 0 Å². The third-order valence-corrected chi connectivity index (χ3v) is 4.76. The average Bonchev–Trinajstić information content (AvgIpc) is 2.81. The number of hydrogen-bond acceptors (Lipinski definition) is 3. The van der Waals surface area contributed by atoms with Crippen LogP contribution < -0.4 is 11.3 Å². The van der Waals surface area contributed by atoms with Crippen LogP contribution in [0.2, 0.25) is 0 Å². The fourth-order valence-corrected chi connectivity index (χ4v) is 3.61. The van der Waals surface area contributed by atoms with E-state index in [0.29, 0.717) is 0 Å². The summed E-state index contributed by atoms with van der Waals surface area (Å²) < 4.78 is 1.14. The summed E-state index contributed by atoms with van der Waals surface area (Å²) in [7, 11) is 0. The molecule has 0 fully saturated rings. The van der Waals surface area contributed by atoms with Gasteiger partial charge in [-0.2, -0.15) is 0 Å². The lowest BCUT2D eigenvalue weighted by atomic mass is 9.96.